The van der Waals surface area contributed by atoms with Crippen LogP contribution in [0.4, 0.5) is 0 Å². The molecule has 0 amide bonds. The van der Waals surface area contributed by atoms with E-state index < -0.39 is 0 Å². The Bertz CT molecular complexity index is 553. The number of hydrogen-bond donors (Lipinski definition) is 1. The minimum absolute atomic E-state index is 0.00158. The summed E-state index contributed by atoms with van der Waals surface area (Å²) in [7, 11) is 0. The van der Waals surface area contributed by atoms with Crippen molar-refractivity contribution >= 4 is 0 Å². The summed E-state index contributed by atoms with van der Waals surface area (Å²) in [4.78, 5) is 0. The molecule has 0 aliphatic heterocycles. The number of aliphatic hydroxyl groups excluding tert-OH is 1. The first-order valence-electron chi connectivity index (χ1n) is 5.26. The van der Waals surface area contributed by atoms with Crippen LogP contribution in [0, 0.1) is 12.3 Å². The number of benzene rings is 2. The van der Waals surface area contributed by atoms with Gasteiger partial charge in [-0.05, 0) is 35.9 Å². The van der Waals surface area contributed by atoms with E-state index in [4.69, 9.17) is 16.3 Å². The highest BCUT2D eigenvalue weighted by atomic mass is 16.5. The van der Waals surface area contributed by atoms with Crippen molar-refractivity contribution in [3.8, 4) is 23.8 Å². The highest BCUT2D eigenvalue weighted by Gasteiger charge is 1.99. The molecule has 0 aliphatic rings. The lowest BCUT2D eigenvalue weighted by Crippen LogP contribution is -1.87. The van der Waals surface area contributed by atoms with Gasteiger partial charge in [0, 0.05) is 5.56 Å². The molecule has 0 spiro atoms. The van der Waals surface area contributed by atoms with Gasteiger partial charge in [-0.3, -0.25) is 0 Å². The summed E-state index contributed by atoms with van der Waals surface area (Å²) in [6, 6.07) is 14.6. The number of hydrogen-bond acceptors (Lipinski definition) is 2. The van der Waals surface area contributed by atoms with Crippen molar-refractivity contribution in [2.75, 3.05) is 0 Å². The van der Waals surface area contributed by atoms with Gasteiger partial charge in [-0.25, -0.2) is 0 Å². The summed E-state index contributed by atoms with van der Waals surface area (Å²) in [6.07, 6.45) is 5.32. The zero-order valence-electron chi connectivity index (χ0n) is 9.26. The smallest absolute Gasteiger partial charge is 0.128 e. The van der Waals surface area contributed by atoms with E-state index in [1.165, 1.54) is 0 Å². The van der Waals surface area contributed by atoms with Gasteiger partial charge in [-0.15, -0.1) is 6.42 Å². The van der Waals surface area contributed by atoms with Crippen LogP contribution in [-0.2, 0) is 6.61 Å². The molecule has 0 aliphatic carbocycles. The molecule has 0 unspecified atom stereocenters. The van der Waals surface area contributed by atoms with Crippen LogP contribution in [0.25, 0.3) is 0 Å². The molecule has 2 nitrogen and oxygen atoms in total. The van der Waals surface area contributed by atoms with E-state index in [0.29, 0.717) is 11.5 Å². The number of terminal acetylenes is 1. The van der Waals surface area contributed by atoms with Crippen LogP contribution in [0.1, 0.15) is 11.1 Å². The Morgan fingerprint density at radius 3 is 2.47 bits per heavy atom. The van der Waals surface area contributed by atoms with E-state index in [1.807, 2.05) is 36.4 Å². The lowest BCUT2D eigenvalue weighted by molar-refractivity contribution is 0.281. The van der Waals surface area contributed by atoms with Gasteiger partial charge in [0.1, 0.15) is 11.5 Å². The lowest BCUT2D eigenvalue weighted by Gasteiger charge is -2.07. The predicted octanol–water partition coefficient (Wildman–Crippen LogP) is 2.95. The van der Waals surface area contributed by atoms with Crippen LogP contribution in [0.15, 0.2) is 48.5 Å². The molecule has 0 heterocycles. The zero-order valence-corrected chi connectivity index (χ0v) is 9.26. The second kappa shape index (κ2) is 5.20. The third-order valence-corrected chi connectivity index (χ3v) is 2.32. The average molecular weight is 224 g/mol. The number of rotatable bonds is 3. The topological polar surface area (TPSA) is 29.5 Å². The van der Waals surface area contributed by atoms with Crippen molar-refractivity contribution < 1.29 is 9.84 Å². The molecule has 2 rings (SSSR count). The van der Waals surface area contributed by atoms with Crippen LogP contribution >= 0.6 is 0 Å². The van der Waals surface area contributed by atoms with E-state index in [1.54, 1.807) is 12.1 Å². The third-order valence-electron chi connectivity index (χ3n) is 2.32. The first-order chi connectivity index (χ1) is 8.31. The predicted molar refractivity (Wildman–Crippen MR) is 66.8 cm³/mol. The van der Waals surface area contributed by atoms with Gasteiger partial charge in [-0.1, -0.05) is 24.1 Å². The molecule has 1 N–H and O–H groups in total. The van der Waals surface area contributed by atoms with E-state index in [2.05, 4.69) is 5.92 Å². The van der Waals surface area contributed by atoms with Crippen molar-refractivity contribution in [3.05, 3.63) is 59.7 Å². The number of aliphatic hydroxyl groups is 1. The van der Waals surface area contributed by atoms with Crippen LogP contribution in [0.3, 0.4) is 0 Å². The van der Waals surface area contributed by atoms with E-state index in [9.17, 15) is 0 Å². The second-order valence-electron chi connectivity index (χ2n) is 3.58. The van der Waals surface area contributed by atoms with Gasteiger partial charge in [0.15, 0.2) is 0 Å². The van der Waals surface area contributed by atoms with Crippen molar-refractivity contribution in [2.45, 2.75) is 6.61 Å². The standard InChI is InChI=1S/C15H12O2/c1-2-12-5-3-7-14(9-12)17-15-8-4-6-13(10-15)11-16/h1,3-10,16H,11H2. The Morgan fingerprint density at radius 1 is 1.06 bits per heavy atom. The lowest BCUT2D eigenvalue weighted by atomic mass is 10.2. The molecule has 2 aromatic rings. The quantitative estimate of drug-likeness (QED) is 0.812. The van der Waals surface area contributed by atoms with Crippen molar-refractivity contribution in [1.29, 1.82) is 0 Å². The summed E-state index contributed by atoms with van der Waals surface area (Å²) < 4.78 is 5.66. The van der Waals surface area contributed by atoms with Crippen LogP contribution < -0.4 is 4.74 Å². The molecule has 0 fully saturated rings. The fraction of sp³-hybridized carbons (Fsp3) is 0.0667. The number of ether oxygens (including phenoxy) is 1. The molecule has 0 saturated heterocycles. The molecule has 0 bridgehead atoms. The van der Waals surface area contributed by atoms with E-state index >= 15 is 0 Å². The molecule has 84 valence electrons. The molecule has 0 aromatic heterocycles. The molecule has 0 saturated carbocycles. The van der Waals surface area contributed by atoms with Crippen LogP contribution in [0.2, 0.25) is 0 Å². The van der Waals surface area contributed by atoms with Gasteiger partial charge in [-0.2, -0.15) is 0 Å². The highest BCUT2D eigenvalue weighted by molar-refractivity contribution is 5.40. The van der Waals surface area contributed by atoms with E-state index in [-0.39, 0.29) is 6.61 Å². The molecule has 0 radical (unpaired) electrons. The van der Waals surface area contributed by atoms with E-state index in [0.717, 1.165) is 11.1 Å². The summed E-state index contributed by atoms with van der Waals surface area (Å²) in [5.74, 6) is 3.93. The molecule has 0 atom stereocenters. The summed E-state index contributed by atoms with van der Waals surface area (Å²) >= 11 is 0. The van der Waals surface area contributed by atoms with Gasteiger partial charge in [0.2, 0.25) is 0 Å². The Labute approximate surface area is 100 Å². The molecular weight excluding hydrogens is 212 g/mol. The fourth-order valence-electron chi connectivity index (χ4n) is 1.49. The Morgan fingerprint density at radius 2 is 1.76 bits per heavy atom. The highest BCUT2D eigenvalue weighted by Crippen LogP contribution is 2.22. The molecule has 2 aromatic carbocycles. The first-order valence-corrected chi connectivity index (χ1v) is 5.26. The Hall–Kier alpha value is -2.24. The maximum Gasteiger partial charge on any atom is 0.128 e. The maximum atomic E-state index is 9.03. The minimum Gasteiger partial charge on any atom is -0.457 e. The van der Waals surface area contributed by atoms with Gasteiger partial charge < -0.3 is 9.84 Å². The Kier molecular flexibility index (Phi) is 3.44. The van der Waals surface area contributed by atoms with Crippen LogP contribution in [-0.4, -0.2) is 5.11 Å². The van der Waals surface area contributed by atoms with Gasteiger partial charge in [0.05, 0.1) is 6.61 Å². The normalized spacial score (nSPS) is 9.65. The van der Waals surface area contributed by atoms with Crippen LogP contribution in [0.5, 0.6) is 11.5 Å². The van der Waals surface area contributed by atoms with Crippen molar-refractivity contribution in [2.24, 2.45) is 0 Å². The summed E-state index contributed by atoms with van der Waals surface area (Å²) in [5.41, 5.74) is 1.59. The third kappa shape index (κ3) is 2.87. The van der Waals surface area contributed by atoms with Crippen molar-refractivity contribution in [3.63, 3.8) is 0 Å². The average Bonchev–Trinajstić information content (AvgIpc) is 2.39. The summed E-state index contributed by atoms with van der Waals surface area (Å²) in [6.45, 7) is 0.00158. The summed E-state index contributed by atoms with van der Waals surface area (Å²) in [5, 5.41) is 9.03. The fourth-order valence-corrected chi connectivity index (χ4v) is 1.49. The largest absolute Gasteiger partial charge is 0.457 e. The first kappa shape index (κ1) is 11.3. The molecule has 17 heavy (non-hydrogen) atoms. The molecular formula is C15H12O2. The second-order valence-corrected chi connectivity index (χ2v) is 3.58. The van der Waals surface area contributed by atoms with Crippen molar-refractivity contribution in [1.82, 2.24) is 0 Å². The zero-order chi connectivity index (χ0) is 12.1. The monoisotopic (exact) mass is 224 g/mol. The Balaban J connectivity index is 2.22. The minimum atomic E-state index is 0.00158. The maximum absolute atomic E-state index is 9.03. The van der Waals surface area contributed by atoms with Gasteiger partial charge in [0.25, 0.3) is 0 Å². The molecule has 2 heteroatoms. The SMILES string of the molecule is C#Cc1cccc(Oc2cccc(CO)c2)c1. The van der Waals surface area contributed by atoms with Gasteiger partial charge >= 0.3 is 0 Å².